The summed E-state index contributed by atoms with van der Waals surface area (Å²) in [7, 11) is 0. The van der Waals surface area contributed by atoms with Gasteiger partial charge in [0.25, 0.3) is 0 Å². The fourth-order valence-corrected chi connectivity index (χ4v) is 6.89. The number of rotatable bonds is 5. The van der Waals surface area contributed by atoms with Crippen molar-refractivity contribution in [3.63, 3.8) is 0 Å². The molecule has 4 aliphatic rings. The Morgan fingerprint density at radius 3 is 2.40 bits per heavy atom. The molecule has 11 heteroatoms. The van der Waals surface area contributed by atoms with Crippen LogP contribution in [0.25, 0.3) is 0 Å². The summed E-state index contributed by atoms with van der Waals surface area (Å²) in [5, 5.41) is 20.4. The number of alkyl halides is 3. The fourth-order valence-electron chi connectivity index (χ4n) is 6.89. The molecule has 2 amide bonds. The Morgan fingerprint density at radius 1 is 0.977 bits per heavy atom. The number of aromatic hydroxyl groups is 2. The van der Waals surface area contributed by atoms with Crippen molar-refractivity contribution in [3.8, 4) is 17.2 Å². The van der Waals surface area contributed by atoms with Crippen LogP contribution >= 0.6 is 0 Å². The number of hydrogen-bond acceptors (Lipinski definition) is 7. The number of amides is 2. The fraction of sp³-hybridized carbons (Fsp3) is 0.312. The Labute approximate surface area is 243 Å². The van der Waals surface area contributed by atoms with Gasteiger partial charge in [-0.3, -0.25) is 24.1 Å². The van der Waals surface area contributed by atoms with E-state index in [1.54, 1.807) is 18.2 Å². The van der Waals surface area contributed by atoms with Gasteiger partial charge in [-0.05, 0) is 74.1 Å². The average Bonchev–Trinajstić information content (AvgIpc) is 3.19. The van der Waals surface area contributed by atoms with Crippen LogP contribution in [0.15, 0.2) is 76.9 Å². The number of fused-ring (bicyclic) bond motifs is 3. The molecule has 1 aliphatic heterocycles. The Morgan fingerprint density at radius 2 is 1.70 bits per heavy atom. The van der Waals surface area contributed by atoms with E-state index >= 15 is 0 Å². The number of hydrogen-bond donors (Lipinski definition) is 2. The number of nitrogens with zero attached hydrogens (tertiary/aromatic N) is 1. The van der Waals surface area contributed by atoms with E-state index in [2.05, 4.69) is 4.74 Å². The summed E-state index contributed by atoms with van der Waals surface area (Å²) in [6, 6.07) is 9.36. The van der Waals surface area contributed by atoms with Gasteiger partial charge in [0, 0.05) is 34.7 Å². The van der Waals surface area contributed by atoms with Crippen molar-refractivity contribution < 1.29 is 47.3 Å². The molecule has 0 saturated carbocycles. The zero-order valence-electron chi connectivity index (χ0n) is 22.9. The molecule has 222 valence electrons. The minimum Gasteiger partial charge on any atom is -0.508 e. The standard InChI is InChI=1S/C32H26F3NO7/c1-15-12-25(39)28-23(29(15)40)14-21-19(26(28)22-13-18(6-9-24(22)38)43-32(33,34)35)7-8-20-27(21)31(42)36(30(20)41)11-10-16-2-4-17(37)5-3-16/h2-7,9,12-13,20-21,26-27,37-38H,8,10-11,14H2,1H3/t20-,21+,26+,27-/m0/s1. The van der Waals surface area contributed by atoms with Crippen LogP contribution < -0.4 is 4.74 Å². The first-order chi connectivity index (χ1) is 20.3. The van der Waals surface area contributed by atoms with Gasteiger partial charge in [0.15, 0.2) is 11.6 Å². The summed E-state index contributed by atoms with van der Waals surface area (Å²) in [5.41, 5.74) is 1.59. The SMILES string of the molecule is CC1=CC(=O)C2=C(C[C@@H]3C(=CC[C@@H]4C(=O)N(CCc5ccc(O)cc5)C(=O)[C@@H]43)[C@@H]2c2cc(OC(F)(F)F)ccc2O)C1=O. The highest BCUT2D eigenvalue weighted by atomic mass is 19.4. The summed E-state index contributed by atoms with van der Waals surface area (Å²) < 4.78 is 43.3. The number of likely N-dealkylation sites (tertiary alicyclic amines) is 1. The highest BCUT2D eigenvalue weighted by molar-refractivity contribution is 6.23. The van der Waals surface area contributed by atoms with Crippen molar-refractivity contribution in [2.24, 2.45) is 17.8 Å². The molecule has 6 rings (SSSR count). The Hall–Kier alpha value is -4.67. The van der Waals surface area contributed by atoms with Gasteiger partial charge in [0.1, 0.15) is 17.2 Å². The second-order valence-corrected chi connectivity index (χ2v) is 11.2. The number of phenols is 2. The number of phenolic OH excluding ortho intramolecular Hbond substituents is 2. The molecule has 1 heterocycles. The molecule has 0 spiro atoms. The molecule has 3 aliphatic carbocycles. The molecule has 2 N–H and O–H groups in total. The molecular weight excluding hydrogens is 567 g/mol. The Bertz CT molecular complexity index is 1670. The smallest absolute Gasteiger partial charge is 0.508 e. The zero-order valence-corrected chi connectivity index (χ0v) is 22.9. The molecule has 4 atom stereocenters. The number of carbonyl (C=O) groups is 4. The van der Waals surface area contributed by atoms with Crippen LogP contribution in [0.4, 0.5) is 13.2 Å². The molecule has 0 radical (unpaired) electrons. The van der Waals surface area contributed by atoms with Gasteiger partial charge in [-0.15, -0.1) is 13.2 Å². The van der Waals surface area contributed by atoms with Gasteiger partial charge >= 0.3 is 6.36 Å². The number of allylic oxidation sites excluding steroid dienone is 6. The largest absolute Gasteiger partial charge is 0.573 e. The molecule has 1 fully saturated rings. The van der Waals surface area contributed by atoms with Crippen LogP contribution in [0.5, 0.6) is 17.2 Å². The number of ketones is 2. The summed E-state index contributed by atoms with van der Waals surface area (Å²) in [6.45, 7) is 1.59. The maximum atomic E-state index is 13.8. The normalized spacial score (nSPS) is 25.3. The first kappa shape index (κ1) is 28.4. The topological polar surface area (TPSA) is 121 Å². The molecule has 0 bridgehead atoms. The van der Waals surface area contributed by atoms with Crippen LogP contribution in [-0.2, 0) is 25.6 Å². The number of halogens is 3. The molecular formula is C32H26F3NO7. The molecule has 8 nitrogen and oxygen atoms in total. The van der Waals surface area contributed by atoms with Crippen LogP contribution in [0.1, 0.15) is 36.8 Å². The van der Waals surface area contributed by atoms with E-state index in [1.807, 2.05) is 0 Å². The van der Waals surface area contributed by atoms with Gasteiger partial charge in [-0.2, -0.15) is 0 Å². The first-order valence-electron chi connectivity index (χ1n) is 13.8. The predicted molar refractivity (Wildman–Crippen MR) is 145 cm³/mol. The lowest BCUT2D eigenvalue weighted by atomic mass is 9.59. The lowest BCUT2D eigenvalue weighted by Crippen LogP contribution is -2.40. The lowest BCUT2D eigenvalue weighted by molar-refractivity contribution is -0.274. The molecule has 0 unspecified atom stereocenters. The van der Waals surface area contributed by atoms with Gasteiger partial charge in [0.05, 0.1) is 11.8 Å². The van der Waals surface area contributed by atoms with Crippen molar-refractivity contribution in [1.29, 1.82) is 0 Å². The minimum absolute atomic E-state index is 0.00108. The highest BCUT2D eigenvalue weighted by Crippen LogP contribution is 2.56. The van der Waals surface area contributed by atoms with E-state index < -0.39 is 59.0 Å². The third-order valence-electron chi connectivity index (χ3n) is 8.76. The van der Waals surface area contributed by atoms with Crippen LogP contribution in [0.2, 0.25) is 0 Å². The summed E-state index contributed by atoms with van der Waals surface area (Å²) in [4.78, 5) is 55.2. The quantitative estimate of drug-likeness (QED) is 0.294. The van der Waals surface area contributed by atoms with Crippen molar-refractivity contribution in [2.45, 2.75) is 38.5 Å². The number of ether oxygens (including phenoxy) is 1. The van der Waals surface area contributed by atoms with Gasteiger partial charge in [-0.1, -0.05) is 23.8 Å². The predicted octanol–water partition coefficient (Wildman–Crippen LogP) is 4.67. The van der Waals surface area contributed by atoms with E-state index in [4.69, 9.17) is 0 Å². The van der Waals surface area contributed by atoms with Crippen LogP contribution in [0, 0.1) is 17.8 Å². The Balaban J connectivity index is 1.40. The van der Waals surface area contributed by atoms with Crippen molar-refractivity contribution >= 4 is 23.4 Å². The second-order valence-electron chi connectivity index (χ2n) is 11.2. The summed E-state index contributed by atoms with van der Waals surface area (Å²) in [5.74, 6) is -6.04. The van der Waals surface area contributed by atoms with Crippen molar-refractivity contribution in [3.05, 3.63) is 88.0 Å². The van der Waals surface area contributed by atoms with E-state index in [1.165, 1.54) is 30.0 Å². The van der Waals surface area contributed by atoms with Crippen molar-refractivity contribution in [1.82, 2.24) is 4.90 Å². The molecule has 2 aromatic carbocycles. The third-order valence-corrected chi connectivity index (χ3v) is 8.76. The van der Waals surface area contributed by atoms with E-state index in [0.717, 1.165) is 23.8 Å². The number of carbonyl (C=O) groups excluding carboxylic acids is 4. The number of Topliss-reactive ketones (excluding diaryl/α,β-unsaturated/α-hetero) is 1. The average molecular weight is 594 g/mol. The maximum Gasteiger partial charge on any atom is 0.573 e. The van der Waals surface area contributed by atoms with Gasteiger partial charge in [0.2, 0.25) is 11.8 Å². The van der Waals surface area contributed by atoms with E-state index in [0.29, 0.717) is 12.0 Å². The molecule has 0 aromatic heterocycles. The van der Waals surface area contributed by atoms with E-state index in [9.17, 15) is 42.6 Å². The van der Waals surface area contributed by atoms with Crippen molar-refractivity contribution in [2.75, 3.05) is 6.54 Å². The van der Waals surface area contributed by atoms with Gasteiger partial charge in [-0.25, -0.2) is 0 Å². The van der Waals surface area contributed by atoms with Crippen LogP contribution in [-0.4, -0.2) is 51.4 Å². The molecule has 2 aromatic rings. The zero-order chi connectivity index (χ0) is 30.8. The lowest BCUT2D eigenvalue weighted by Gasteiger charge is -2.42. The monoisotopic (exact) mass is 593 g/mol. The molecule has 1 saturated heterocycles. The number of benzene rings is 2. The molecule has 43 heavy (non-hydrogen) atoms. The Kier molecular flexibility index (Phi) is 6.78. The van der Waals surface area contributed by atoms with E-state index in [-0.39, 0.29) is 53.3 Å². The second kappa shape index (κ2) is 10.3. The maximum absolute atomic E-state index is 13.8. The number of imide groups is 1. The first-order valence-corrected chi connectivity index (χ1v) is 13.8. The highest BCUT2D eigenvalue weighted by Gasteiger charge is 2.56. The summed E-state index contributed by atoms with van der Waals surface area (Å²) in [6.07, 6.45) is -1.62. The third kappa shape index (κ3) is 4.92. The minimum atomic E-state index is -5.01. The van der Waals surface area contributed by atoms with Gasteiger partial charge < -0.3 is 14.9 Å². The van der Waals surface area contributed by atoms with Crippen LogP contribution in [0.3, 0.4) is 0 Å². The summed E-state index contributed by atoms with van der Waals surface area (Å²) >= 11 is 0.